The van der Waals surface area contributed by atoms with Crippen molar-refractivity contribution in [2.75, 3.05) is 6.61 Å². The number of ether oxygens (including phenoxy) is 1. The minimum atomic E-state index is -0.300. The summed E-state index contributed by atoms with van der Waals surface area (Å²) in [7, 11) is 0. The number of nitrogens with zero attached hydrogens (tertiary/aromatic N) is 7. The molecule has 0 saturated carbocycles. The molecule has 4 heterocycles. The number of hydrogen-bond acceptors (Lipinski definition) is 5. The Kier molecular flexibility index (Phi) is 4.73. The van der Waals surface area contributed by atoms with E-state index < -0.39 is 0 Å². The third-order valence-corrected chi connectivity index (χ3v) is 6.13. The second-order valence-corrected chi connectivity index (χ2v) is 8.26. The van der Waals surface area contributed by atoms with Crippen molar-refractivity contribution in [3.05, 3.63) is 77.5 Å². The number of aromatic nitrogens is 6. The van der Waals surface area contributed by atoms with E-state index in [1.165, 1.54) is 12.1 Å². The van der Waals surface area contributed by atoms with Crippen LogP contribution in [0.5, 0.6) is 5.75 Å². The van der Waals surface area contributed by atoms with Gasteiger partial charge in [0.25, 0.3) is 0 Å². The van der Waals surface area contributed by atoms with Crippen LogP contribution in [-0.2, 0) is 6.42 Å². The maximum atomic E-state index is 14.2. The van der Waals surface area contributed by atoms with Crippen LogP contribution in [0.2, 0.25) is 0 Å². The van der Waals surface area contributed by atoms with Crippen LogP contribution in [0.3, 0.4) is 0 Å². The monoisotopic (exact) mass is 453 g/mol. The molecule has 0 fully saturated rings. The van der Waals surface area contributed by atoms with Crippen molar-refractivity contribution < 1.29 is 9.13 Å². The Hall–Kier alpha value is -4.32. The summed E-state index contributed by atoms with van der Waals surface area (Å²) in [5.74, 6) is 1.71. The van der Waals surface area contributed by atoms with Gasteiger partial charge in [0.15, 0.2) is 11.3 Å². The fourth-order valence-corrected chi connectivity index (χ4v) is 4.61. The smallest absolute Gasteiger partial charge is 0.237 e. The Bertz CT molecular complexity index is 1600. The molecule has 168 valence electrons. The highest BCUT2D eigenvalue weighted by Crippen LogP contribution is 2.38. The second-order valence-electron chi connectivity index (χ2n) is 8.26. The summed E-state index contributed by atoms with van der Waals surface area (Å²) in [6.07, 6.45) is 5.72. The number of halogens is 1. The highest BCUT2D eigenvalue weighted by atomic mass is 19.1. The standard InChI is InChI=1S/C25H20FN7O/c1-3-4-23-30-19-13-28-25(32-14-29-18-7-6-16(27-2)12-21(18)32)31-24(19)33(23)20-9-10-34-22-8-5-15(26)11-17(20)22/h5-8,11-14,20H,3-4,9-10H2,1H3. The van der Waals surface area contributed by atoms with Gasteiger partial charge in [0.05, 0.1) is 36.5 Å². The summed E-state index contributed by atoms with van der Waals surface area (Å²) in [6.45, 7) is 9.96. The van der Waals surface area contributed by atoms with Crippen LogP contribution in [0.1, 0.15) is 37.2 Å². The topological polar surface area (TPSA) is 75.0 Å². The van der Waals surface area contributed by atoms with Crippen molar-refractivity contribution in [1.82, 2.24) is 29.1 Å². The van der Waals surface area contributed by atoms with E-state index >= 15 is 0 Å². The highest BCUT2D eigenvalue weighted by Gasteiger charge is 2.28. The molecule has 0 radical (unpaired) electrons. The predicted octanol–water partition coefficient (Wildman–Crippen LogP) is 5.18. The zero-order valence-corrected chi connectivity index (χ0v) is 18.4. The zero-order valence-electron chi connectivity index (χ0n) is 18.4. The molecular weight excluding hydrogens is 433 g/mol. The van der Waals surface area contributed by atoms with Gasteiger partial charge < -0.3 is 9.30 Å². The van der Waals surface area contributed by atoms with Gasteiger partial charge in [0, 0.05) is 18.4 Å². The number of benzene rings is 2. The van der Waals surface area contributed by atoms with E-state index in [1.807, 2.05) is 6.07 Å². The van der Waals surface area contributed by atoms with E-state index in [9.17, 15) is 4.39 Å². The molecule has 1 aliphatic heterocycles. The summed E-state index contributed by atoms with van der Waals surface area (Å²) < 4.78 is 23.9. The molecule has 2 aromatic carbocycles. The number of imidazole rings is 2. The molecule has 0 saturated heterocycles. The number of rotatable bonds is 4. The molecule has 1 unspecified atom stereocenters. The van der Waals surface area contributed by atoms with Crippen molar-refractivity contribution in [3.8, 4) is 11.7 Å². The lowest BCUT2D eigenvalue weighted by molar-refractivity contribution is 0.255. The van der Waals surface area contributed by atoms with E-state index in [0.717, 1.165) is 35.3 Å². The molecule has 3 aromatic heterocycles. The molecule has 0 bridgehead atoms. The van der Waals surface area contributed by atoms with Crippen LogP contribution in [-0.4, -0.2) is 35.7 Å². The van der Waals surface area contributed by atoms with Crippen LogP contribution in [0.15, 0.2) is 48.9 Å². The lowest BCUT2D eigenvalue weighted by atomic mass is 9.99. The minimum absolute atomic E-state index is 0.151. The molecule has 1 aliphatic rings. The van der Waals surface area contributed by atoms with E-state index in [4.69, 9.17) is 21.3 Å². The van der Waals surface area contributed by atoms with Gasteiger partial charge >= 0.3 is 0 Å². The molecule has 0 amide bonds. The first kappa shape index (κ1) is 20.3. The Labute approximate surface area is 194 Å². The molecular formula is C25H20FN7O. The average Bonchev–Trinajstić information content (AvgIpc) is 3.44. The molecule has 0 spiro atoms. The fraction of sp³-hybridized carbons (Fsp3) is 0.240. The van der Waals surface area contributed by atoms with Crippen molar-refractivity contribution >= 4 is 27.9 Å². The van der Waals surface area contributed by atoms with Gasteiger partial charge in [-0.15, -0.1) is 0 Å². The summed E-state index contributed by atoms with van der Waals surface area (Å²) in [4.78, 5) is 22.2. The quantitative estimate of drug-likeness (QED) is 0.351. The first-order chi connectivity index (χ1) is 16.7. The Morgan fingerprint density at radius 3 is 2.91 bits per heavy atom. The van der Waals surface area contributed by atoms with Crippen LogP contribution in [0.25, 0.3) is 33.0 Å². The lowest BCUT2D eigenvalue weighted by Gasteiger charge is -2.28. The van der Waals surface area contributed by atoms with Crippen LogP contribution >= 0.6 is 0 Å². The highest BCUT2D eigenvalue weighted by molar-refractivity contribution is 5.81. The van der Waals surface area contributed by atoms with Gasteiger partial charge in [-0.25, -0.2) is 24.2 Å². The maximum absolute atomic E-state index is 14.2. The third kappa shape index (κ3) is 3.18. The van der Waals surface area contributed by atoms with Crippen molar-refractivity contribution in [1.29, 1.82) is 0 Å². The van der Waals surface area contributed by atoms with Gasteiger partial charge in [-0.3, -0.25) is 4.57 Å². The second kappa shape index (κ2) is 7.92. The Morgan fingerprint density at radius 1 is 1.15 bits per heavy atom. The van der Waals surface area contributed by atoms with Crippen LogP contribution in [0.4, 0.5) is 10.1 Å². The van der Waals surface area contributed by atoms with E-state index in [2.05, 4.69) is 26.3 Å². The molecule has 34 heavy (non-hydrogen) atoms. The average molecular weight is 453 g/mol. The SMILES string of the molecule is [C-]#[N+]c1ccc2ncn(-c3ncc4nc(CCC)n(C5CCOc6ccc(F)cc65)c4n3)c2c1. The molecule has 1 atom stereocenters. The first-order valence-corrected chi connectivity index (χ1v) is 11.2. The summed E-state index contributed by atoms with van der Waals surface area (Å²) in [5.41, 5.74) is 4.18. The van der Waals surface area contributed by atoms with E-state index in [1.54, 1.807) is 35.3 Å². The number of fused-ring (bicyclic) bond motifs is 3. The normalized spacial score (nSPS) is 15.3. The fourth-order valence-electron chi connectivity index (χ4n) is 4.61. The number of hydrogen-bond donors (Lipinski definition) is 0. The first-order valence-electron chi connectivity index (χ1n) is 11.2. The van der Waals surface area contributed by atoms with E-state index in [0.29, 0.717) is 41.6 Å². The molecule has 8 nitrogen and oxygen atoms in total. The summed E-state index contributed by atoms with van der Waals surface area (Å²) in [6, 6.07) is 9.82. The van der Waals surface area contributed by atoms with Crippen LogP contribution < -0.4 is 4.74 Å². The predicted molar refractivity (Wildman–Crippen MR) is 125 cm³/mol. The van der Waals surface area contributed by atoms with Crippen molar-refractivity contribution in [2.24, 2.45) is 0 Å². The molecule has 0 N–H and O–H groups in total. The molecule has 0 aliphatic carbocycles. The van der Waals surface area contributed by atoms with Gasteiger partial charge in [-0.1, -0.05) is 13.0 Å². The van der Waals surface area contributed by atoms with Crippen LogP contribution in [0, 0.1) is 12.4 Å². The molecule has 9 heteroatoms. The molecule has 5 aromatic rings. The Balaban J connectivity index is 1.56. The lowest BCUT2D eigenvalue weighted by Crippen LogP contribution is -2.22. The van der Waals surface area contributed by atoms with Crippen molar-refractivity contribution in [2.45, 2.75) is 32.2 Å². The maximum Gasteiger partial charge on any atom is 0.237 e. The molecule has 6 rings (SSSR count). The van der Waals surface area contributed by atoms with Crippen molar-refractivity contribution in [3.63, 3.8) is 0 Å². The van der Waals surface area contributed by atoms with Gasteiger partial charge in [-0.05, 0) is 36.8 Å². The van der Waals surface area contributed by atoms with Gasteiger partial charge in [-0.2, -0.15) is 4.98 Å². The summed E-state index contributed by atoms with van der Waals surface area (Å²) in [5, 5.41) is 0. The number of aryl methyl sites for hydroxylation is 1. The zero-order chi connectivity index (χ0) is 23.2. The van der Waals surface area contributed by atoms with Gasteiger partial charge in [0.2, 0.25) is 5.95 Å². The minimum Gasteiger partial charge on any atom is -0.493 e. The van der Waals surface area contributed by atoms with Gasteiger partial charge in [0.1, 0.15) is 29.2 Å². The van der Waals surface area contributed by atoms with E-state index in [-0.39, 0.29) is 11.9 Å². The Morgan fingerprint density at radius 2 is 2.06 bits per heavy atom. The largest absolute Gasteiger partial charge is 0.493 e. The summed E-state index contributed by atoms with van der Waals surface area (Å²) >= 11 is 0. The third-order valence-electron chi connectivity index (χ3n) is 6.13.